The van der Waals surface area contributed by atoms with Crippen molar-refractivity contribution in [1.82, 2.24) is 10.2 Å². The third-order valence-corrected chi connectivity index (χ3v) is 6.42. The lowest BCUT2D eigenvalue weighted by atomic mass is 10.1. The minimum atomic E-state index is -3.78. The molecule has 0 heterocycles. The third kappa shape index (κ3) is 8.05. The molecule has 0 aromatic heterocycles. The normalized spacial score (nSPS) is 12.3. The van der Waals surface area contributed by atoms with Gasteiger partial charge < -0.3 is 10.2 Å². The molecule has 0 saturated carbocycles. The van der Waals surface area contributed by atoms with Crippen molar-refractivity contribution in [3.8, 4) is 0 Å². The first-order valence-electron chi connectivity index (χ1n) is 10.9. The van der Waals surface area contributed by atoms with Gasteiger partial charge in [-0.2, -0.15) is 0 Å². The Bertz CT molecular complexity index is 1040. The average molecular weight is 494 g/mol. The van der Waals surface area contributed by atoms with Crippen molar-refractivity contribution in [2.45, 2.75) is 39.8 Å². The monoisotopic (exact) mass is 493 g/mol. The molecule has 180 valence electrons. The van der Waals surface area contributed by atoms with Crippen LogP contribution in [0.15, 0.2) is 54.6 Å². The van der Waals surface area contributed by atoms with Crippen molar-refractivity contribution in [3.63, 3.8) is 0 Å². The fourth-order valence-corrected chi connectivity index (χ4v) is 4.39. The Hall–Kier alpha value is -2.58. The van der Waals surface area contributed by atoms with E-state index >= 15 is 0 Å². The predicted molar refractivity (Wildman–Crippen MR) is 133 cm³/mol. The van der Waals surface area contributed by atoms with Crippen LogP contribution in [0, 0.1) is 5.92 Å². The van der Waals surface area contributed by atoms with E-state index in [1.807, 2.05) is 51.1 Å². The molecule has 1 atom stereocenters. The van der Waals surface area contributed by atoms with Gasteiger partial charge in [-0.3, -0.25) is 13.9 Å². The van der Waals surface area contributed by atoms with E-state index in [-0.39, 0.29) is 24.1 Å². The average Bonchev–Trinajstić information content (AvgIpc) is 2.75. The highest BCUT2D eigenvalue weighted by molar-refractivity contribution is 7.92. The van der Waals surface area contributed by atoms with Gasteiger partial charge in [0.1, 0.15) is 12.6 Å². The fourth-order valence-electron chi connectivity index (χ4n) is 3.37. The van der Waals surface area contributed by atoms with Crippen LogP contribution < -0.4 is 9.62 Å². The summed E-state index contributed by atoms with van der Waals surface area (Å²) in [6.07, 6.45) is 1.42. The van der Waals surface area contributed by atoms with Crippen molar-refractivity contribution in [1.29, 1.82) is 0 Å². The van der Waals surface area contributed by atoms with Crippen LogP contribution in [-0.2, 0) is 26.2 Å². The molecular formula is C24H32ClN3O4S. The number of carbonyl (C=O) groups is 2. The second-order valence-corrected chi connectivity index (χ2v) is 10.7. The number of hydrogen-bond donors (Lipinski definition) is 1. The first kappa shape index (κ1) is 26.7. The van der Waals surface area contributed by atoms with Crippen LogP contribution in [0.1, 0.15) is 32.8 Å². The molecule has 0 aliphatic heterocycles. The zero-order valence-corrected chi connectivity index (χ0v) is 21.1. The van der Waals surface area contributed by atoms with E-state index in [0.29, 0.717) is 18.0 Å². The van der Waals surface area contributed by atoms with Gasteiger partial charge in [-0.15, -0.1) is 0 Å². The molecule has 2 aromatic rings. The summed E-state index contributed by atoms with van der Waals surface area (Å²) in [6, 6.07) is 14.9. The molecule has 0 spiro atoms. The van der Waals surface area contributed by atoms with Crippen LogP contribution in [0.25, 0.3) is 0 Å². The number of nitrogens with zero attached hydrogens (tertiary/aromatic N) is 2. The summed E-state index contributed by atoms with van der Waals surface area (Å²) in [7, 11) is -3.78. The zero-order chi connectivity index (χ0) is 24.6. The summed E-state index contributed by atoms with van der Waals surface area (Å²) in [5.74, 6) is -0.478. The van der Waals surface area contributed by atoms with E-state index in [0.717, 1.165) is 16.1 Å². The highest BCUT2D eigenvalue weighted by atomic mass is 35.5. The van der Waals surface area contributed by atoms with Gasteiger partial charge in [0.2, 0.25) is 21.8 Å². The van der Waals surface area contributed by atoms with Crippen molar-refractivity contribution < 1.29 is 18.0 Å². The Labute approximate surface area is 201 Å². The number of carbonyl (C=O) groups excluding carboxylic acids is 2. The molecule has 9 heteroatoms. The van der Waals surface area contributed by atoms with E-state index in [2.05, 4.69) is 5.32 Å². The molecule has 2 aromatic carbocycles. The fraction of sp³-hybridized carbons (Fsp3) is 0.417. The summed E-state index contributed by atoms with van der Waals surface area (Å²) >= 11 is 6.05. The Kier molecular flexibility index (Phi) is 9.73. The number of anilines is 1. The molecule has 33 heavy (non-hydrogen) atoms. The number of amides is 2. The predicted octanol–water partition coefficient (Wildman–Crippen LogP) is 3.69. The molecular weight excluding hydrogens is 462 g/mol. The van der Waals surface area contributed by atoms with Crippen LogP contribution in [-0.4, -0.2) is 50.5 Å². The molecule has 1 N–H and O–H groups in total. The first-order chi connectivity index (χ1) is 15.5. The Morgan fingerprint density at radius 3 is 2.27 bits per heavy atom. The number of rotatable bonds is 11. The van der Waals surface area contributed by atoms with Crippen LogP contribution in [0.2, 0.25) is 5.02 Å². The third-order valence-electron chi connectivity index (χ3n) is 5.04. The van der Waals surface area contributed by atoms with Gasteiger partial charge in [-0.25, -0.2) is 8.42 Å². The Balaban J connectivity index is 2.39. The molecule has 2 amide bonds. The lowest BCUT2D eigenvalue weighted by Crippen LogP contribution is -2.52. The Morgan fingerprint density at radius 2 is 1.73 bits per heavy atom. The van der Waals surface area contributed by atoms with Gasteiger partial charge in [0.05, 0.1) is 11.9 Å². The van der Waals surface area contributed by atoms with Crippen molar-refractivity contribution >= 4 is 39.1 Å². The molecule has 0 aliphatic carbocycles. The van der Waals surface area contributed by atoms with Crippen LogP contribution in [0.5, 0.6) is 0 Å². The summed E-state index contributed by atoms with van der Waals surface area (Å²) in [5, 5.41) is 3.25. The van der Waals surface area contributed by atoms with E-state index in [1.54, 1.807) is 18.2 Å². The summed E-state index contributed by atoms with van der Waals surface area (Å²) < 4.78 is 26.1. The van der Waals surface area contributed by atoms with Gasteiger partial charge >= 0.3 is 0 Å². The minimum absolute atomic E-state index is 0.181. The first-order valence-corrected chi connectivity index (χ1v) is 13.1. The number of benzene rings is 2. The van der Waals surface area contributed by atoms with Crippen LogP contribution in [0.4, 0.5) is 5.69 Å². The van der Waals surface area contributed by atoms with E-state index in [4.69, 9.17) is 11.6 Å². The molecule has 0 bridgehead atoms. The second kappa shape index (κ2) is 12.0. The highest BCUT2D eigenvalue weighted by Crippen LogP contribution is 2.23. The summed E-state index contributed by atoms with van der Waals surface area (Å²) in [4.78, 5) is 27.9. The molecule has 0 saturated heterocycles. The van der Waals surface area contributed by atoms with Gasteiger partial charge in [0.25, 0.3) is 0 Å². The number of hydrogen-bond acceptors (Lipinski definition) is 4. The summed E-state index contributed by atoms with van der Waals surface area (Å²) in [6.45, 7) is 6.03. The minimum Gasteiger partial charge on any atom is -0.354 e. The lowest BCUT2D eigenvalue weighted by molar-refractivity contribution is -0.140. The quantitative estimate of drug-likeness (QED) is 0.517. The standard InChI is InChI=1S/C24H32ClN3O4S/c1-5-22(24(30)26-15-18(2)3)27(16-19-10-7-6-8-11-19)23(29)17-28(33(4,31)32)21-13-9-12-20(25)14-21/h6-14,18,22H,5,15-17H2,1-4H3,(H,26,30)/t22-/m0/s1. The lowest BCUT2D eigenvalue weighted by Gasteiger charge is -2.33. The largest absolute Gasteiger partial charge is 0.354 e. The van der Waals surface area contributed by atoms with E-state index < -0.39 is 28.5 Å². The molecule has 0 unspecified atom stereocenters. The maximum Gasteiger partial charge on any atom is 0.244 e. The number of sulfonamides is 1. The smallest absolute Gasteiger partial charge is 0.244 e. The zero-order valence-electron chi connectivity index (χ0n) is 19.5. The molecule has 2 rings (SSSR count). The molecule has 0 fully saturated rings. The van der Waals surface area contributed by atoms with Crippen molar-refractivity contribution in [3.05, 3.63) is 65.2 Å². The van der Waals surface area contributed by atoms with Crippen LogP contribution in [0.3, 0.4) is 0 Å². The maximum atomic E-state index is 13.5. The van der Waals surface area contributed by atoms with Gasteiger partial charge in [0, 0.05) is 18.1 Å². The van der Waals surface area contributed by atoms with Crippen molar-refractivity contribution in [2.24, 2.45) is 5.92 Å². The van der Waals surface area contributed by atoms with E-state index in [1.165, 1.54) is 11.0 Å². The van der Waals surface area contributed by atoms with E-state index in [9.17, 15) is 18.0 Å². The second-order valence-electron chi connectivity index (χ2n) is 8.32. The van der Waals surface area contributed by atoms with Gasteiger partial charge in [-0.1, -0.05) is 68.8 Å². The number of halogens is 1. The van der Waals surface area contributed by atoms with Gasteiger partial charge in [0.15, 0.2) is 0 Å². The maximum absolute atomic E-state index is 13.5. The SMILES string of the molecule is CC[C@@H](C(=O)NCC(C)C)N(Cc1ccccc1)C(=O)CN(c1cccc(Cl)c1)S(C)(=O)=O. The highest BCUT2D eigenvalue weighted by Gasteiger charge is 2.31. The van der Waals surface area contributed by atoms with Crippen molar-refractivity contribution in [2.75, 3.05) is 23.7 Å². The summed E-state index contributed by atoms with van der Waals surface area (Å²) in [5.41, 5.74) is 1.13. The molecule has 0 aliphatic rings. The topological polar surface area (TPSA) is 86.8 Å². The number of nitrogens with one attached hydrogen (secondary N) is 1. The van der Waals surface area contributed by atoms with Gasteiger partial charge in [-0.05, 0) is 36.1 Å². The molecule has 7 nitrogen and oxygen atoms in total. The molecule has 0 radical (unpaired) electrons. The Morgan fingerprint density at radius 1 is 1.06 bits per heavy atom. The van der Waals surface area contributed by atoms with Crippen LogP contribution >= 0.6 is 11.6 Å².